The molecule has 0 bridgehead atoms. The van der Waals surface area contributed by atoms with Crippen LogP contribution in [-0.2, 0) is 11.2 Å². The topological polar surface area (TPSA) is 21.3 Å². The number of hydrogen-bond acceptors (Lipinski definition) is 3. The van der Waals surface area contributed by atoms with E-state index in [0.717, 1.165) is 19.6 Å². The first-order valence-corrected chi connectivity index (χ1v) is 7.56. The molecule has 0 aromatic carbocycles. The number of halogens is 1. The number of aryl methyl sites for hydroxylation is 1. The summed E-state index contributed by atoms with van der Waals surface area (Å²) in [6.07, 6.45) is 5.00. The maximum atomic E-state index is 5.42. The molecule has 2 unspecified atom stereocenters. The van der Waals surface area contributed by atoms with Gasteiger partial charge in [0.2, 0.25) is 0 Å². The molecular formula is C12H16BrNOS. The molecule has 16 heavy (non-hydrogen) atoms. The molecule has 1 saturated heterocycles. The molecule has 0 spiro atoms. The van der Waals surface area contributed by atoms with Gasteiger partial charge in [-0.1, -0.05) is 0 Å². The van der Waals surface area contributed by atoms with Gasteiger partial charge in [0.05, 0.1) is 10.4 Å². The summed E-state index contributed by atoms with van der Waals surface area (Å²) in [5.74, 6) is 0. The Bertz CT molecular complexity index is 373. The highest BCUT2D eigenvalue weighted by atomic mass is 79.9. The van der Waals surface area contributed by atoms with Gasteiger partial charge in [0, 0.05) is 23.6 Å². The molecule has 2 aliphatic rings. The highest BCUT2D eigenvalue weighted by Crippen LogP contribution is 2.38. The van der Waals surface area contributed by atoms with E-state index in [-0.39, 0.29) is 0 Å². The molecule has 1 aromatic heterocycles. The lowest BCUT2D eigenvalue weighted by atomic mass is 9.93. The lowest BCUT2D eigenvalue weighted by molar-refractivity contribution is 0.187. The minimum atomic E-state index is 0.554. The van der Waals surface area contributed by atoms with Gasteiger partial charge in [-0.3, -0.25) is 0 Å². The van der Waals surface area contributed by atoms with Crippen LogP contribution in [0, 0.1) is 0 Å². The van der Waals surface area contributed by atoms with E-state index in [1.807, 2.05) is 11.3 Å². The third kappa shape index (κ3) is 2.21. The van der Waals surface area contributed by atoms with Crippen molar-refractivity contribution < 1.29 is 4.74 Å². The molecule has 3 rings (SSSR count). The number of ether oxygens (including phenoxy) is 1. The van der Waals surface area contributed by atoms with Crippen LogP contribution in [0.25, 0.3) is 0 Å². The zero-order chi connectivity index (χ0) is 11.0. The molecule has 2 nitrogen and oxygen atoms in total. The molecular weight excluding hydrogens is 286 g/mol. The van der Waals surface area contributed by atoms with Gasteiger partial charge in [0.25, 0.3) is 0 Å². The van der Waals surface area contributed by atoms with Crippen molar-refractivity contribution in [3.8, 4) is 0 Å². The lowest BCUT2D eigenvalue weighted by Crippen LogP contribution is -2.34. The molecule has 4 heteroatoms. The molecule has 1 aromatic rings. The summed E-state index contributed by atoms with van der Waals surface area (Å²) >= 11 is 5.50. The minimum absolute atomic E-state index is 0.554. The summed E-state index contributed by atoms with van der Waals surface area (Å²) in [4.78, 5) is 1.56. The quantitative estimate of drug-likeness (QED) is 0.905. The maximum absolute atomic E-state index is 5.42. The fourth-order valence-electron chi connectivity index (χ4n) is 2.64. The van der Waals surface area contributed by atoms with Crippen LogP contribution < -0.4 is 5.32 Å². The Kier molecular flexibility index (Phi) is 3.34. The smallest absolute Gasteiger partial charge is 0.0704 e. The van der Waals surface area contributed by atoms with Crippen LogP contribution in [0.15, 0.2) is 9.85 Å². The first-order chi connectivity index (χ1) is 7.83. The molecule has 1 N–H and O–H groups in total. The van der Waals surface area contributed by atoms with E-state index in [0.29, 0.717) is 12.1 Å². The fourth-order valence-corrected chi connectivity index (χ4v) is 4.46. The van der Waals surface area contributed by atoms with E-state index in [1.165, 1.54) is 28.6 Å². The summed E-state index contributed by atoms with van der Waals surface area (Å²) in [5, 5.41) is 3.75. The number of rotatable bonds is 2. The van der Waals surface area contributed by atoms with Crippen LogP contribution in [0.1, 0.15) is 35.7 Å². The second-order valence-corrected chi connectivity index (χ2v) is 7.12. The summed E-state index contributed by atoms with van der Waals surface area (Å²) in [6.45, 7) is 1.81. The van der Waals surface area contributed by atoms with Crippen molar-refractivity contribution >= 4 is 27.3 Å². The van der Waals surface area contributed by atoms with Crippen molar-refractivity contribution in [2.24, 2.45) is 0 Å². The normalized spacial score (nSPS) is 29.3. The fraction of sp³-hybridized carbons (Fsp3) is 0.667. The summed E-state index contributed by atoms with van der Waals surface area (Å²) in [5.41, 5.74) is 1.52. The first-order valence-electron chi connectivity index (χ1n) is 5.95. The van der Waals surface area contributed by atoms with E-state index in [9.17, 15) is 0 Å². The molecule has 0 radical (unpaired) electrons. The molecule has 1 aliphatic heterocycles. The molecule has 2 atom stereocenters. The van der Waals surface area contributed by atoms with Gasteiger partial charge in [0.1, 0.15) is 0 Å². The number of thiophene rings is 1. The maximum Gasteiger partial charge on any atom is 0.0704 e. The lowest BCUT2D eigenvalue weighted by Gasteiger charge is -2.26. The van der Waals surface area contributed by atoms with Gasteiger partial charge in [-0.2, -0.15) is 0 Å². The second-order valence-electron chi connectivity index (χ2n) is 4.60. The van der Waals surface area contributed by atoms with Crippen LogP contribution in [0.2, 0.25) is 0 Å². The molecule has 0 saturated carbocycles. The number of nitrogens with one attached hydrogen (secondary N) is 1. The molecule has 88 valence electrons. The predicted octanol–water partition coefficient (Wildman–Crippen LogP) is 3.27. The highest BCUT2D eigenvalue weighted by Gasteiger charge is 2.26. The van der Waals surface area contributed by atoms with Crippen LogP contribution in [0.4, 0.5) is 0 Å². The Morgan fingerprint density at radius 3 is 3.19 bits per heavy atom. The van der Waals surface area contributed by atoms with Crippen LogP contribution in [-0.4, -0.2) is 19.3 Å². The Balaban J connectivity index is 1.75. The molecule has 0 amide bonds. The van der Waals surface area contributed by atoms with Gasteiger partial charge < -0.3 is 10.1 Å². The van der Waals surface area contributed by atoms with Crippen molar-refractivity contribution in [1.82, 2.24) is 5.32 Å². The van der Waals surface area contributed by atoms with Gasteiger partial charge in [0.15, 0.2) is 0 Å². The molecule has 1 fully saturated rings. The Hall–Kier alpha value is 0.1000. The second kappa shape index (κ2) is 4.77. The standard InChI is InChI=1S/C12H16BrNOS/c13-12-6-9-10(2-1-3-11(9)16-12)14-8-4-5-15-7-8/h6,8,10,14H,1-5,7H2. The van der Waals surface area contributed by atoms with Crippen LogP contribution >= 0.6 is 27.3 Å². The van der Waals surface area contributed by atoms with E-state index in [4.69, 9.17) is 4.74 Å². The largest absolute Gasteiger partial charge is 0.380 e. The van der Waals surface area contributed by atoms with E-state index >= 15 is 0 Å². The minimum Gasteiger partial charge on any atom is -0.380 e. The van der Waals surface area contributed by atoms with Crippen LogP contribution in [0.3, 0.4) is 0 Å². The third-order valence-electron chi connectivity index (χ3n) is 3.45. The zero-order valence-corrected chi connectivity index (χ0v) is 11.6. The zero-order valence-electron chi connectivity index (χ0n) is 9.17. The van der Waals surface area contributed by atoms with Crippen molar-refractivity contribution in [3.63, 3.8) is 0 Å². The van der Waals surface area contributed by atoms with E-state index < -0.39 is 0 Å². The SMILES string of the molecule is Brc1cc2c(s1)CCCC2NC1CCOC1. The van der Waals surface area contributed by atoms with Crippen molar-refractivity contribution in [3.05, 3.63) is 20.3 Å². The van der Waals surface area contributed by atoms with Crippen molar-refractivity contribution in [2.75, 3.05) is 13.2 Å². The Morgan fingerprint density at radius 1 is 1.44 bits per heavy atom. The number of hydrogen-bond donors (Lipinski definition) is 1. The summed E-state index contributed by atoms with van der Waals surface area (Å²) < 4.78 is 6.69. The summed E-state index contributed by atoms with van der Waals surface area (Å²) in [7, 11) is 0. The average molecular weight is 302 g/mol. The van der Waals surface area contributed by atoms with Gasteiger partial charge in [-0.05, 0) is 53.2 Å². The van der Waals surface area contributed by atoms with Gasteiger partial charge in [-0.15, -0.1) is 11.3 Å². The van der Waals surface area contributed by atoms with Gasteiger partial charge in [-0.25, -0.2) is 0 Å². The van der Waals surface area contributed by atoms with Crippen LogP contribution in [0.5, 0.6) is 0 Å². The van der Waals surface area contributed by atoms with Gasteiger partial charge >= 0.3 is 0 Å². The third-order valence-corrected chi connectivity index (χ3v) is 5.16. The highest BCUT2D eigenvalue weighted by molar-refractivity contribution is 9.11. The van der Waals surface area contributed by atoms with E-state index in [2.05, 4.69) is 27.3 Å². The molecule has 1 aliphatic carbocycles. The molecule has 2 heterocycles. The van der Waals surface area contributed by atoms with E-state index in [1.54, 1.807) is 4.88 Å². The van der Waals surface area contributed by atoms with Crippen molar-refractivity contribution in [2.45, 2.75) is 37.8 Å². The predicted molar refractivity (Wildman–Crippen MR) is 70.1 cm³/mol. The Labute approximate surface area is 109 Å². The average Bonchev–Trinajstić information content (AvgIpc) is 2.86. The number of fused-ring (bicyclic) bond motifs is 1. The monoisotopic (exact) mass is 301 g/mol. The first kappa shape index (κ1) is 11.2. The van der Waals surface area contributed by atoms with Crippen molar-refractivity contribution in [1.29, 1.82) is 0 Å². The Morgan fingerprint density at radius 2 is 2.38 bits per heavy atom. The summed E-state index contributed by atoms with van der Waals surface area (Å²) in [6, 6.07) is 3.42.